The van der Waals surface area contributed by atoms with Crippen molar-refractivity contribution >= 4 is 40.8 Å². The van der Waals surface area contributed by atoms with Crippen LogP contribution in [0.25, 0.3) is 0 Å². The fourth-order valence-electron chi connectivity index (χ4n) is 1.88. The Morgan fingerprint density at radius 2 is 1.67 bits per heavy atom. The van der Waals surface area contributed by atoms with E-state index >= 15 is 0 Å². The smallest absolute Gasteiger partial charge is 0.338 e. The van der Waals surface area contributed by atoms with Crippen LogP contribution in [-0.4, -0.2) is 25.1 Å². The fourth-order valence-corrected chi connectivity index (χ4v) is 2.18. The van der Waals surface area contributed by atoms with Gasteiger partial charge in [0.05, 0.1) is 18.4 Å². The number of nitrogens with one attached hydrogen (secondary N) is 1. The Balaban J connectivity index is 2.03. The molecule has 0 aromatic heterocycles. The number of ether oxygens (including phenoxy) is 2. The lowest BCUT2D eigenvalue weighted by Gasteiger charge is -2.15. The predicted octanol–water partition coefficient (Wildman–Crippen LogP) is 4.19. The Morgan fingerprint density at radius 1 is 1.04 bits per heavy atom. The Bertz CT molecular complexity index is 747. The highest BCUT2D eigenvalue weighted by Crippen LogP contribution is 2.27. The van der Waals surface area contributed by atoms with Crippen molar-refractivity contribution in [3.05, 3.63) is 58.1 Å². The zero-order chi connectivity index (χ0) is 17.7. The second-order valence-electron chi connectivity index (χ2n) is 4.89. The van der Waals surface area contributed by atoms with E-state index < -0.39 is 18.0 Å². The zero-order valence-corrected chi connectivity index (χ0v) is 14.5. The monoisotopic (exact) mass is 367 g/mol. The van der Waals surface area contributed by atoms with Crippen molar-refractivity contribution in [2.24, 2.45) is 0 Å². The summed E-state index contributed by atoms with van der Waals surface area (Å²) in [4.78, 5) is 24.2. The van der Waals surface area contributed by atoms with E-state index in [2.05, 4.69) is 5.32 Å². The molecule has 0 aliphatic carbocycles. The molecule has 0 radical (unpaired) electrons. The van der Waals surface area contributed by atoms with E-state index in [1.807, 2.05) is 0 Å². The third-order valence-corrected chi connectivity index (χ3v) is 3.64. The highest BCUT2D eigenvalue weighted by atomic mass is 35.5. The van der Waals surface area contributed by atoms with Gasteiger partial charge in [-0.05, 0) is 49.4 Å². The van der Waals surface area contributed by atoms with Gasteiger partial charge in [0.15, 0.2) is 6.10 Å². The van der Waals surface area contributed by atoms with Gasteiger partial charge in [-0.2, -0.15) is 0 Å². The minimum Gasteiger partial charge on any atom is -0.495 e. The summed E-state index contributed by atoms with van der Waals surface area (Å²) >= 11 is 11.7. The normalized spacial score (nSPS) is 11.5. The Labute approximate surface area is 149 Å². The summed E-state index contributed by atoms with van der Waals surface area (Å²) in [6.07, 6.45) is -1.00. The molecular weight excluding hydrogens is 353 g/mol. The highest BCUT2D eigenvalue weighted by Gasteiger charge is 2.20. The molecule has 2 rings (SSSR count). The van der Waals surface area contributed by atoms with Crippen molar-refractivity contribution in [3.8, 4) is 5.75 Å². The Morgan fingerprint density at radius 3 is 2.29 bits per heavy atom. The first-order valence-electron chi connectivity index (χ1n) is 7.01. The van der Waals surface area contributed by atoms with Gasteiger partial charge in [0.1, 0.15) is 5.75 Å². The van der Waals surface area contributed by atoms with Crippen molar-refractivity contribution in [2.75, 3.05) is 12.4 Å². The number of hydrogen-bond acceptors (Lipinski definition) is 4. The first kappa shape index (κ1) is 18.1. The SMILES string of the molecule is COc1ccc(Cl)cc1NC(=O)[C@@H](C)OC(=O)c1ccc(Cl)cc1. The van der Waals surface area contributed by atoms with Crippen LogP contribution in [0.1, 0.15) is 17.3 Å². The molecule has 0 heterocycles. The lowest BCUT2D eigenvalue weighted by atomic mass is 10.2. The number of methoxy groups -OCH3 is 1. The fraction of sp³-hybridized carbons (Fsp3) is 0.176. The Hall–Kier alpha value is -2.24. The molecule has 24 heavy (non-hydrogen) atoms. The molecule has 0 saturated heterocycles. The zero-order valence-electron chi connectivity index (χ0n) is 13.0. The molecular formula is C17H15Cl2NO4. The summed E-state index contributed by atoms with van der Waals surface area (Å²) in [7, 11) is 1.48. The largest absolute Gasteiger partial charge is 0.495 e. The molecule has 126 valence electrons. The third-order valence-electron chi connectivity index (χ3n) is 3.15. The lowest BCUT2D eigenvalue weighted by molar-refractivity contribution is -0.123. The average molecular weight is 368 g/mol. The van der Waals surface area contributed by atoms with Gasteiger partial charge in [0.2, 0.25) is 0 Å². The number of amides is 1. The molecule has 1 atom stereocenters. The van der Waals surface area contributed by atoms with Crippen molar-refractivity contribution in [2.45, 2.75) is 13.0 Å². The molecule has 1 N–H and O–H groups in total. The van der Waals surface area contributed by atoms with Crippen LogP contribution in [-0.2, 0) is 9.53 Å². The molecule has 0 aliphatic rings. The first-order valence-corrected chi connectivity index (χ1v) is 7.77. The van der Waals surface area contributed by atoms with Crippen LogP contribution in [0.15, 0.2) is 42.5 Å². The maximum Gasteiger partial charge on any atom is 0.338 e. The summed E-state index contributed by atoms with van der Waals surface area (Å²) in [5.74, 6) is -0.672. The van der Waals surface area contributed by atoms with Gasteiger partial charge in [-0.25, -0.2) is 4.79 Å². The molecule has 0 fully saturated rings. The molecule has 1 amide bonds. The van der Waals surface area contributed by atoms with Gasteiger partial charge in [-0.3, -0.25) is 4.79 Å². The second kappa shape index (κ2) is 8.04. The van der Waals surface area contributed by atoms with Crippen LogP contribution < -0.4 is 10.1 Å². The number of hydrogen-bond donors (Lipinski definition) is 1. The number of benzene rings is 2. The Kier molecular flexibility index (Phi) is 6.06. The molecule has 7 heteroatoms. The molecule has 0 saturated carbocycles. The molecule has 0 bridgehead atoms. The minimum atomic E-state index is -1.00. The molecule has 0 aliphatic heterocycles. The molecule has 0 unspecified atom stereocenters. The molecule has 2 aromatic carbocycles. The molecule has 2 aromatic rings. The van der Waals surface area contributed by atoms with E-state index in [-0.39, 0.29) is 0 Å². The van der Waals surface area contributed by atoms with Crippen molar-refractivity contribution < 1.29 is 19.1 Å². The van der Waals surface area contributed by atoms with Crippen LogP contribution in [0.5, 0.6) is 5.75 Å². The second-order valence-corrected chi connectivity index (χ2v) is 5.76. The predicted molar refractivity (Wildman–Crippen MR) is 93.0 cm³/mol. The van der Waals surface area contributed by atoms with Crippen molar-refractivity contribution in [1.82, 2.24) is 0 Å². The van der Waals surface area contributed by atoms with Gasteiger partial charge in [0, 0.05) is 10.0 Å². The average Bonchev–Trinajstić information content (AvgIpc) is 2.55. The first-order chi connectivity index (χ1) is 11.4. The number of rotatable bonds is 5. The summed E-state index contributed by atoms with van der Waals surface area (Å²) in [5.41, 5.74) is 0.698. The number of esters is 1. The van der Waals surface area contributed by atoms with Crippen LogP contribution in [0, 0.1) is 0 Å². The van der Waals surface area contributed by atoms with Gasteiger partial charge in [0.25, 0.3) is 5.91 Å². The van der Waals surface area contributed by atoms with E-state index in [0.717, 1.165) is 0 Å². The number of carbonyl (C=O) groups is 2. The van der Waals surface area contributed by atoms with Crippen LogP contribution in [0.4, 0.5) is 5.69 Å². The number of halogens is 2. The van der Waals surface area contributed by atoms with Crippen molar-refractivity contribution in [1.29, 1.82) is 0 Å². The maximum absolute atomic E-state index is 12.2. The number of anilines is 1. The van der Waals surface area contributed by atoms with E-state index in [0.29, 0.717) is 27.0 Å². The summed E-state index contributed by atoms with van der Waals surface area (Å²) < 4.78 is 10.3. The van der Waals surface area contributed by atoms with Gasteiger partial charge in [-0.1, -0.05) is 23.2 Å². The molecule has 5 nitrogen and oxygen atoms in total. The number of carbonyl (C=O) groups excluding carboxylic acids is 2. The summed E-state index contributed by atoms with van der Waals surface area (Å²) in [6, 6.07) is 11.0. The van der Waals surface area contributed by atoms with E-state index in [9.17, 15) is 9.59 Å². The quantitative estimate of drug-likeness (QED) is 0.804. The maximum atomic E-state index is 12.2. The molecule has 0 spiro atoms. The van der Waals surface area contributed by atoms with Crippen molar-refractivity contribution in [3.63, 3.8) is 0 Å². The van der Waals surface area contributed by atoms with Crippen LogP contribution in [0.3, 0.4) is 0 Å². The van der Waals surface area contributed by atoms with E-state index in [4.69, 9.17) is 32.7 Å². The van der Waals surface area contributed by atoms with Crippen LogP contribution >= 0.6 is 23.2 Å². The highest BCUT2D eigenvalue weighted by molar-refractivity contribution is 6.31. The van der Waals surface area contributed by atoms with E-state index in [1.165, 1.54) is 26.2 Å². The van der Waals surface area contributed by atoms with Gasteiger partial charge in [-0.15, -0.1) is 0 Å². The topological polar surface area (TPSA) is 64.6 Å². The van der Waals surface area contributed by atoms with E-state index in [1.54, 1.807) is 30.3 Å². The van der Waals surface area contributed by atoms with Crippen LogP contribution in [0.2, 0.25) is 10.0 Å². The standard InChI is InChI=1S/C17H15Cl2NO4/c1-10(24-17(22)11-3-5-12(18)6-4-11)16(21)20-14-9-13(19)7-8-15(14)23-2/h3-10H,1-2H3,(H,20,21)/t10-/m1/s1. The third kappa shape index (κ3) is 4.63. The summed E-state index contributed by atoms with van der Waals surface area (Å²) in [5, 5.41) is 3.57. The van der Waals surface area contributed by atoms with Gasteiger partial charge >= 0.3 is 5.97 Å². The minimum absolute atomic E-state index is 0.305. The summed E-state index contributed by atoms with van der Waals surface area (Å²) in [6.45, 7) is 1.47. The van der Waals surface area contributed by atoms with Gasteiger partial charge < -0.3 is 14.8 Å². The lowest BCUT2D eigenvalue weighted by Crippen LogP contribution is -2.30.